The molecule has 7 nitrogen and oxygen atoms in total. The number of hydrogen-bond acceptors (Lipinski definition) is 5. The summed E-state index contributed by atoms with van der Waals surface area (Å²) >= 11 is 0. The third-order valence-corrected chi connectivity index (χ3v) is 5.30. The maximum atomic E-state index is 11.9. The van der Waals surface area contributed by atoms with Gasteiger partial charge in [-0.2, -0.15) is 0 Å². The standard InChI is InChI=1S/C18H22N2O5/c1-11-6-13-7-12(2-3-15(13)17(21)25-11)16-9-19-4-5-20(18(22)23)8-14(19)10-24-16/h2-3,7,11,14,16H,4-6,8-10H2,1H3,(H,22,23)/t11-,14+,16-/m1/s1. The minimum atomic E-state index is -0.863. The van der Waals surface area contributed by atoms with Gasteiger partial charge in [0.2, 0.25) is 0 Å². The molecule has 2 saturated heterocycles. The Morgan fingerprint density at radius 1 is 1.28 bits per heavy atom. The molecule has 1 amide bonds. The smallest absolute Gasteiger partial charge is 0.407 e. The lowest BCUT2D eigenvalue weighted by Gasteiger charge is -2.45. The first-order valence-corrected chi connectivity index (χ1v) is 8.68. The van der Waals surface area contributed by atoms with Crippen LogP contribution in [-0.4, -0.2) is 71.9 Å². The van der Waals surface area contributed by atoms with Crippen molar-refractivity contribution >= 4 is 12.1 Å². The van der Waals surface area contributed by atoms with Crippen molar-refractivity contribution in [2.45, 2.75) is 31.6 Å². The molecule has 4 rings (SSSR count). The number of amides is 1. The Labute approximate surface area is 146 Å². The van der Waals surface area contributed by atoms with Crippen LogP contribution in [-0.2, 0) is 15.9 Å². The van der Waals surface area contributed by atoms with E-state index in [0.717, 1.165) is 30.6 Å². The predicted octanol–water partition coefficient (Wildman–Crippen LogP) is 1.52. The van der Waals surface area contributed by atoms with Crippen LogP contribution in [0, 0.1) is 0 Å². The zero-order valence-corrected chi connectivity index (χ0v) is 14.2. The summed E-state index contributed by atoms with van der Waals surface area (Å²) in [6.45, 7) is 4.92. The van der Waals surface area contributed by atoms with Gasteiger partial charge in [0.25, 0.3) is 0 Å². The number of carbonyl (C=O) groups is 2. The normalized spacial score (nSPS) is 29.6. The molecule has 3 atom stereocenters. The molecule has 0 bridgehead atoms. The lowest BCUT2D eigenvalue weighted by Crippen LogP contribution is -2.59. The lowest BCUT2D eigenvalue weighted by atomic mass is 9.94. The average molecular weight is 346 g/mol. The van der Waals surface area contributed by atoms with E-state index in [0.29, 0.717) is 25.3 Å². The van der Waals surface area contributed by atoms with Crippen LogP contribution < -0.4 is 0 Å². The van der Waals surface area contributed by atoms with Crippen LogP contribution in [0.2, 0.25) is 0 Å². The Balaban J connectivity index is 1.48. The Kier molecular flexibility index (Phi) is 4.13. The van der Waals surface area contributed by atoms with Gasteiger partial charge in [-0.25, -0.2) is 9.59 Å². The zero-order valence-electron chi connectivity index (χ0n) is 14.2. The highest BCUT2D eigenvalue weighted by molar-refractivity contribution is 5.92. The topological polar surface area (TPSA) is 79.3 Å². The van der Waals surface area contributed by atoms with Crippen molar-refractivity contribution in [2.75, 3.05) is 32.8 Å². The summed E-state index contributed by atoms with van der Waals surface area (Å²) in [4.78, 5) is 26.8. The second kappa shape index (κ2) is 6.31. The fourth-order valence-corrected chi connectivity index (χ4v) is 3.94. The molecule has 0 spiro atoms. The van der Waals surface area contributed by atoms with Crippen LogP contribution >= 0.6 is 0 Å². The summed E-state index contributed by atoms with van der Waals surface area (Å²) in [6, 6.07) is 5.95. The SMILES string of the molecule is C[C@@H]1Cc2cc([C@H]3CN4CCN(C(=O)O)C[C@H]4CO3)ccc2C(=O)O1. The average Bonchev–Trinajstić information content (AvgIpc) is 2.60. The molecule has 0 unspecified atom stereocenters. The van der Waals surface area contributed by atoms with E-state index >= 15 is 0 Å². The number of fused-ring (bicyclic) bond motifs is 2. The molecule has 3 aliphatic heterocycles. The molecule has 7 heteroatoms. The van der Waals surface area contributed by atoms with Gasteiger partial charge in [-0.15, -0.1) is 0 Å². The Hall–Kier alpha value is -2.12. The van der Waals surface area contributed by atoms with Gasteiger partial charge in [-0.1, -0.05) is 12.1 Å². The Morgan fingerprint density at radius 3 is 2.92 bits per heavy atom. The first-order valence-electron chi connectivity index (χ1n) is 8.68. The molecule has 1 aromatic rings. The number of nitrogens with zero attached hydrogens (tertiary/aromatic N) is 2. The maximum Gasteiger partial charge on any atom is 0.407 e. The molecule has 2 fully saturated rings. The highest BCUT2D eigenvalue weighted by Crippen LogP contribution is 2.30. The summed E-state index contributed by atoms with van der Waals surface area (Å²) in [5.74, 6) is -0.255. The van der Waals surface area contributed by atoms with Crippen LogP contribution in [0.25, 0.3) is 0 Å². The highest BCUT2D eigenvalue weighted by Gasteiger charge is 2.36. The number of carboxylic acid groups (broad SMARTS) is 1. The van der Waals surface area contributed by atoms with Gasteiger partial charge in [-0.05, 0) is 24.1 Å². The highest BCUT2D eigenvalue weighted by atomic mass is 16.5. The van der Waals surface area contributed by atoms with E-state index in [1.165, 1.54) is 4.90 Å². The molecule has 1 aromatic carbocycles. The van der Waals surface area contributed by atoms with Gasteiger partial charge in [0.1, 0.15) is 6.10 Å². The van der Waals surface area contributed by atoms with E-state index in [4.69, 9.17) is 14.6 Å². The van der Waals surface area contributed by atoms with E-state index < -0.39 is 6.09 Å². The minimum Gasteiger partial charge on any atom is -0.465 e. The van der Waals surface area contributed by atoms with Crippen molar-refractivity contribution in [1.29, 1.82) is 0 Å². The number of carbonyl (C=O) groups excluding carboxylic acids is 1. The number of hydrogen-bond donors (Lipinski definition) is 1. The minimum absolute atomic E-state index is 0.0498. The fourth-order valence-electron chi connectivity index (χ4n) is 3.94. The van der Waals surface area contributed by atoms with Gasteiger partial charge in [0.15, 0.2) is 0 Å². The number of ether oxygens (including phenoxy) is 2. The van der Waals surface area contributed by atoms with Crippen LogP contribution in [0.1, 0.15) is 34.5 Å². The second-order valence-corrected chi connectivity index (χ2v) is 7.04. The molecule has 3 aliphatic rings. The van der Waals surface area contributed by atoms with Crippen LogP contribution in [0.5, 0.6) is 0 Å². The molecule has 1 N–H and O–H groups in total. The van der Waals surface area contributed by atoms with E-state index in [9.17, 15) is 9.59 Å². The molecular formula is C18H22N2O5. The number of benzene rings is 1. The predicted molar refractivity (Wildman–Crippen MR) is 88.7 cm³/mol. The Bertz CT molecular complexity index is 707. The largest absolute Gasteiger partial charge is 0.465 e. The first kappa shape index (κ1) is 16.4. The van der Waals surface area contributed by atoms with Crippen molar-refractivity contribution in [1.82, 2.24) is 9.80 Å². The van der Waals surface area contributed by atoms with Gasteiger partial charge in [0.05, 0.1) is 24.3 Å². The summed E-state index contributed by atoms with van der Waals surface area (Å²) < 4.78 is 11.3. The third kappa shape index (κ3) is 3.09. The molecule has 25 heavy (non-hydrogen) atoms. The maximum absolute atomic E-state index is 11.9. The van der Waals surface area contributed by atoms with Crippen molar-refractivity contribution in [3.8, 4) is 0 Å². The zero-order chi connectivity index (χ0) is 17.6. The summed E-state index contributed by atoms with van der Waals surface area (Å²) in [7, 11) is 0. The molecule has 0 saturated carbocycles. The number of rotatable bonds is 1. The second-order valence-electron chi connectivity index (χ2n) is 7.04. The Morgan fingerprint density at radius 2 is 2.12 bits per heavy atom. The summed E-state index contributed by atoms with van der Waals surface area (Å²) in [5, 5.41) is 9.14. The van der Waals surface area contributed by atoms with E-state index in [-0.39, 0.29) is 24.2 Å². The van der Waals surface area contributed by atoms with E-state index in [2.05, 4.69) is 11.0 Å². The summed E-state index contributed by atoms with van der Waals surface area (Å²) in [5.41, 5.74) is 2.73. The monoisotopic (exact) mass is 346 g/mol. The molecule has 0 aliphatic carbocycles. The molecule has 3 heterocycles. The number of morpholine rings is 1. The fraction of sp³-hybridized carbons (Fsp3) is 0.556. The van der Waals surface area contributed by atoms with Gasteiger partial charge in [-0.3, -0.25) is 4.90 Å². The van der Waals surface area contributed by atoms with Crippen molar-refractivity contribution in [3.63, 3.8) is 0 Å². The molecule has 134 valence electrons. The quantitative estimate of drug-likeness (QED) is 0.777. The first-order chi connectivity index (χ1) is 12.0. The van der Waals surface area contributed by atoms with Crippen LogP contribution in [0.15, 0.2) is 18.2 Å². The number of esters is 1. The van der Waals surface area contributed by atoms with Gasteiger partial charge < -0.3 is 19.5 Å². The number of piperazine rings is 1. The molecule has 0 aromatic heterocycles. The third-order valence-electron chi connectivity index (χ3n) is 5.30. The molecular weight excluding hydrogens is 324 g/mol. The lowest BCUT2D eigenvalue weighted by molar-refractivity contribution is -0.0867. The number of cyclic esters (lactones) is 1. The van der Waals surface area contributed by atoms with Crippen molar-refractivity contribution < 1.29 is 24.2 Å². The van der Waals surface area contributed by atoms with Crippen molar-refractivity contribution in [3.05, 3.63) is 34.9 Å². The molecule has 0 radical (unpaired) electrons. The van der Waals surface area contributed by atoms with E-state index in [1.54, 1.807) is 0 Å². The van der Waals surface area contributed by atoms with Crippen LogP contribution in [0.4, 0.5) is 4.79 Å². The van der Waals surface area contributed by atoms with Gasteiger partial charge >= 0.3 is 12.1 Å². The summed E-state index contributed by atoms with van der Waals surface area (Å²) in [6.07, 6.45) is -0.290. The van der Waals surface area contributed by atoms with Crippen molar-refractivity contribution in [2.24, 2.45) is 0 Å². The van der Waals surface area contributed by atoms with Gasteiger partial charge in [0, 0.05) is 32.6 Å². The van der Waals surface area contributed by atoms with Crippen LogP contribution in [0.3, 0.4) is 0 Å². The van der Waals surface area contributed by atoms with E-state index in [1.807, 2.05) is 19.1 Å².